The number of hydrogen-bond donors (Lipinski definition) is 0. The lowest BCUT2D eigenvalue weighted by molar-refractivity contribution is 0.672. The van der Waals surface area contributed by atoms with Crippen LogP contribution in [0.5, 0.6) is 0 Å². The molecule has 0 spiro atoms. The number of fused-ring (bicyclic) bond motifs is 6. The van der Waals surface area contributed by atoms with Crippen molar-refractivity contribution >= 4 is 43.5 Å². The second kappa shape index (κ2) is 4.11. The highest BCUT2D eigenvalue weighted by Gasteiger charge is 2.10. The van der Waals surface area contributed by atoms with Gasteiger partial charge in [0.05, 0.1) is 0 Å². The van der Waals surface area contributed by atoms with Gasteiger partial charge in [0, 0.05) is 16.2 Å². The van der Waals surface area contributed by atoms with Crippen molar-refractivity contribution in [3.63, 3.8) is 0 Å². The molecule has 4 aromatic carbocycles. The molecule has 1 nitrogen and oxygen atoms in total. The molecule has 0 saturated carbocycles. The maximum Gasteiger partial charge on any atom is 0.143 e. The summed E-state index contributed by atoms with van der Waals surface area (Å²) in [6.45, 7) is 2.10. The number of aryl methyl sites for hydroxylation is 1. The predicted octanol–water partition coefficient (Wildman–Crippen LogP) is 6.20. The van der Waals surface area contributed by atoms with Crippen molar-refractivity contribution in [3.8, 4) is 0 Å². The second-order valence-corrected chi connectivity index (χ2v) is 5.96. The molecule has 0 aliphatic heterocycles. The van der Waals surface area contributed by atoms with E-state index in [0.717, 1.165) is 11.2 Å². The summed E-state index contributed by atoms with van der Waals surface area (Å²) in [5.74, 6) is 0. The minimum Gasteiger partial charge on any atom is -0.455 e. The Morgan fingerprint density at radius 2 is 1.41 bits per heavy atom. The van der Waals surface area contributed by atoms with Crippen molar-refractivity contribution in [2.45, 2.75) is 6.92 Å². The first-order valence-electron chi connectivity index (χ1n) is 7.54. The van der Waals surface area contributed by atoms with Crippen molar-refractivity contribution in [1.82, 2.24) is 0 Å². The van der Waals surface area contributed by atoms with E-state index in [1.807, 2.05) is 0 Å². The normalized spacial score (nSPS) is 11.9. The van der Waals surface area contributed by atoms with Crippen molar-refractivity contribution < 1.29 is 4.42 Å². The zero-order valence-corrected chi connectivity index (χ0v) is 12.3. The molecule has 0 atom stereocenters. The van der Waals surface area contributed by atoms with Gasteiger partial charge < -0.3 is 4.42 Å². The lowest BCUT2D eigenvalue weighted by Crippen LogP contribution is -1.77. The first-order valence-corrected chi connectivity index (χ1v) is 7.54. The zero-order valence-electron chi connectivity index (χ0n) is 12.3. The van der Waals surface area contributed by atoms with Gasteiger partial charge >= 0.3 is 0 Å². The molecule has 104 valence electrons. The fourth-order valence-corrected chi connectivity index (χ4v) is 3.35. The Hall–Kier alpha value is -2.80. The minimum atomic E-state index is 0.968. The maximum atomic E-state index is 6.20. The Morgan fingerprint density at radius 3 is 2.27 bits per heavy atom. The Labute approximate surface area is 127 Å². The van der Waals surface area contributed by atoms with Gasteiger partial charge in [-0.15, -0.1) is 0 Å². The quantitative estimate of drug-likeness (QED) is 0.308. The van der Waals surface area contributed by atoms with E-state index in [2.05, 4.69) is 73.7 Å². The molecular formula is C21H14O. The van der Waals surface area contributed by atoms with Gasteiger partial charge in [-0.1, -0.05) is 42.5 Å². The fourth-order valence-electron chi connectivity index (χ4n) is 3.35. The maximum absolute atomic E-state index is 6.20. The van der Waals surface area contributed by atoms with Crippen LogP contribution in [-0.4, -0.2) is 0 Å². The molecular weight excluding hydrogens is 268 g/mol. The van der Waals surface area contributed by atoms with Crippen LogP contribution in [0.2, 0.25) is 0 Å². The van der Waals surface area contributed by atoms with E-state index in [-0.39, 0.29) is 0 Å². The van der Waals surface area contributed by atoms with Crippen LogP contribution < -0.4 is 0 Å². The number of hydrogen-bond acceptors (Lipinski definition) is 1. The van der Waals surface area contributed by atoms with E-state index in [1.54, 1.807) is 0 Å². The van der Waals surface area contributed by atoms with E-state index < -0.39 is 0 Å². The summed E-state index contributed by atoms with van der Waals surface area (Å²) in [7, 11) is 0. The third-order valence-corrected chi connectivity index (χ3v) is 4.48. The van der Waals surface area contributed by atoms with Gasteiger partial charge in [0.15, 0.2) is 0 Å². The molecule has 1 aromatic heterocycles. The van der Waals surface area contributed by atoms with Crippen LogP contribution in [-0.2, 0) is 0 Å². The Bertz CT molecular complexity index is 1180. The van der Waals surface area contributed by atoms with Crippen LogP contribution in [0.1, 0.15) is 5.56 Å². The lowest BCUT2D eigenvalue weighted by Gasteiger charge is -2.02. The van der Waals surface area contributed by atoms with Gasteiger partial charge in [-0.2, -0.15) is 0 Å². The molecule has 0 aliphatic rings. The Balaban J connectivity index is 2.01. The van der Waals surface area contributed by atoms with Crippen molar-refractivity contribution in [2.24, 2.45) is 0 Å². The highest BCUT2D eigenvalue weighted by atomic mass is 16.3. The fraction of sp³-hybridized carbons (Fsp3) is 0.0476. The van der Waals surface area contributed by atoms with E-state index in [1.165, 1.54) is 37.9 Å². The third kappa shape index (κ3) is 1.54. The molecule has 1 heteroatoms. The van der Waals surface area contributed by atoms with E-state index in [9.17, 15) is 0 Å². The van der Waals surface area contributed by atoms with Crippen LogP contribution >= 0.6 is 0 Å². The molecule has 0 fully saturated rings. The van der Waals surface area contributed by atoms with Crippen LogP contribution in [0.15, 0.2) is 71.1 Å². The van der Waals surface area contributed by atoms with E-state index in [4.69, 9.17) is 4.42 Å². The Kier molecular flexibility index (Phi) is 2.21. The summed E-state index contributed by atoms with van der Waals surface area (Å²) in [5, 5.41) is 7.31. The van der Waals surface area contributed by atoms with Gasteiger partial charge in [0.2, 0.25) is 0 Å². The van der Waals surface area contributed by atoms with Crippen LogP contribution in [0.25, 0.3) is 43.5 Å². The minimum absolute atomic E-state index is 0.968. The molecule has 0 amide bonds. The van der Waals surface area contributed by atoms with Gasteiger partial charge in [-0.25, -0.2) is 0 Å². The number of benzene rings is 4. The molecule has 1 heterocycles. The molecule has 5 rings (SSSR count). The van der Waals surface area contributed by atoms with Gasteiger partial charge in [-0.05, 0) is 52.9 Å². The molecule has 0 unspecified atom stereocenters. The average Bonchev–Trinajstić information content (AvgIpc) is 2.91. The van der Waals surface area contributed by atoms with Crippen LogP contribution in [0.4, 0.5) is 0 Å². The van der Waals surface area contributed by atoms with Crippen LogP contribution in [0.3, 0.4) is 0 Å². The highest BCUT2D eigenvalue weighted by molar-refractivity contribution is 6.17. The Morgan fingerprint density at radius 1 is 0.636 bits per heavy atom. The summed E-state index contributed by atoms with van der Waals surface area (Å²) in [4.78, 5) is 0. The standard InChI is InChI=1S/C21H14O/c1-13-6-8-17-18-9-7-16-11-14-4-2-3-5-15(14)12-19(16)21(18)22-20(17)10-13/h2-12H,1H3. The summed E-state index contributed by atoms with van der Waals surface area (Å²) >= 11 is 0. The van der Waals surface area contributed by atoms with E-state index >= 15 is 0 Å². The predicted molar refractivity (Wildman–Crippen MR) is 93.5 cm³/mol. The third-order valence-electron chi connectivity index (χ3n) is 4.48. The van der Waals surface area contributed by atoms with Gasteiger partial charge in [-0.3, -0.25) is 0 Å². The monoisotopic (exact) mass is 282 g/mol. The first-order chi connectivity index (χ1) is 10.8. The topological polar surface area (TPSA) is 13.1 Å². The van der Waals surface area contributed by atoms with Gasteiger partial charge in [0.1, 0.15) is 11.2 Å². The average molecular weight is 282 g/mol. The van der Waals surface area contributed by atoms with E-state index in [0.29, 0.717) is 0 Å². The summed E-state index contributed by atoms with van der Waals surface area (Å²) in [6, 6.07) is 23.7. The van der Waals surface area contributed by atoms with Crippen molar-refractivity contribution in [2.75, 3.05) is 0 Å². The smallest absolute Gasteiger partial charge is 0.143 e. The largest absolute Gasteiger partial charge is 0.455 e. The zero-order chi connectivity index (χ0) is 14.7. The summed E-state index contributed by atoms with van der Waals surface area (Å²) in [6.07, 6.45) is 0. The molecule has 0 bridgehead atoms. The molecule has 5 aromatic rings. The highest BCUT2D eigenvalue weighted by Crippen LogP contribution is 2.35. The summed E-state index contributed by atoms with van der Waals surface area (Å²) in [5.41, 5.74) is 3.18. The van der Waals surface area contributed by atoms with Crippen molar-refractivity contribution in [3.05, 3.63) is 72.3 Å². The van der Waals surface area contributed by atoms with Crippen molar-refractivity contribution in [1.29, 1.82) is 0 Å². The molecule has 0 aliphatic carbocycles. The lowest BCUT2D eigenvalue weighted by atomic mass is 10.0. The molecule has 0 N–H and O–H groups in total. The summed E-state index contributed by atoms with van der Waals surface area (Å²) < 4.78 is 6.20. The second-order valence-electron chi connectivity index (χ2n) is 5.96. The SMILES string of the molecule is Cc1ccc2c(c1)oc1c3cc4ccccc4cc3ccc21. The molecule has 0 radical (unpaired) electrons. The molecule has 22 heavy (non-hydrogen) atoms. The number of furan rings is 1. The molecule has 0 saturated heterocycles. The van der Waals surface area contributed by atoms with Gasteiger partial charge in [0.25, 0.3) is 0 Å². The first kappa shape index (κ1) is 11.8. The van der Waals surface area contributed by atoms with Crippen LogP contribution in [0, 0.1) is 6.92 Å². The number of rotatable bonds is 0.